The Labute approximate surface area is 159 Å². The van der Waals surface area contributed by atoms with Crippen molar-refractivity contribution in [3.05, 3.63) is 34.3 Å². The van der Waals surface area contributed by atoms with Crippen LogP contribution in [-0.2, 0) is 11.3 Å². The molecule has 1 fully saturated rings. The molecule has 0 spiro atoms. The fraction of sp³-hybridized carbons (Fsp3) is 0.579. The lowest BCUT2D eigenvalue weighted by Crippen LogP contribution is -2.46. The largest absolute Gasteiger partial charge is 0.356 e. The average molecular weight is 409 g/mol. The number of aliphatic imine (C=N–C) groups is 1. The second kappa shape index (κ2) is 9.80. The Morgan fingerprint density at radius 3 is 2.68 bits per heavy atom. The number of carbonyl (C=O) groups is 1. The van der Waals surface area contributed by atoms with Crippen molar-refractivity contribution in [1.82, 2.24) is 15.1 Å². The summed E-state index contributed by atoms with van der Waals surface area (Å²) in [4.78, 5) is 20.8. The summed E-state index contributed by atoms with van der Waals surface area (Å²) >= 11 is 3.53. The third-order valence-electron chi connectivity index (χ3n) is 4.71. The molecule has 138 valence electrons. The topological polar surface area (TPSA) is 47.9 Å². The van der Waals surface area contributed by atoms with E-state index in [0.717, 1.165) is 35.0 Å². The highest BCUT2D eigenvalue weighted by atomic mass is 79.9. The van der Waals surface area contributed by atoms with Gasteiger partial charge in [0, 0.05) is 51.2 Å². The van der Waals surface area contributed by atoms with Crippen molar-refractivity contribution in [1.29, 1.82) is 0 Å². The molecular formula is C19H29BrN4O. The zero-order chi connectivity index (χ0) is 18.2. The van der Waals surface area contributed by atoms with Gasteiger partial charge in [-0.1, -0.05) is 41.1 Å². The van der Waals surface area contributed by atoms with E-state index in [2.05, 4.69) is 38.1 Å². The molecule has 1 amide bonds. The summed E-state index contributed by atoms with van der Waals surface area (Å²) in [5, 5.41) is 3.33. The molecule has 0 atom stereocenters. The third kappa shape index (κ3) is 6.03. The Kier molecular flexibility index (Phi) is 7.75. The molecule has 0 aliphatic carbocycles. The van der Waals surface area contributed by atoms with Crippen LogP contribution in [0.25, 0.3) is 0 Å². The van der Waals surface area contributed by atoms with Crippen LogP contribution in [0.5, 0.6) is 0 Å². The number of hydrogen-bond donors (Lipinski definition) is 1. The number of nitrogens with one attached hydrogen (secondary N) is 1. The number of carbonyl (C=O) groups excluding carboxylic acids is 1. The highest BCUT2D eigenvalue weighted by Crippen LogP contribution is 2.18. The molecule has 5 nitrogen and oxygen atoms in total. The van der Waals surface area contributed by atoms with E-state index in [1.165, 1.54) is 12.8 Å². The van der Waals surface area contributed by atoms with Crippen molar-refractivity contribution in [3.63, 3.8) is 0 Å². The quantitative estimate of drug-likeness (QED) is 0.601. The minimum absolute atomic E-state index is 0.131. The van der Waals surface area contributed by atoms with Gasteiger partial charge in [0.15, 0.2) is 5.96 Å². The van der Waals surface area contributed by atoms with Gasteiger partial charge in [0.05, 0.1) is 0 Å². The van der Waals surface area contributed by atoms with Crippen LogP contribution in [0.4, 0.5) is 0 Å². The summed E-state index contributed by atoms with van der Waals surface area (Å²) in [6, 6.07) is 8.00. The second-order valence-corrected chi connectivity index (χ2v) is 7.59. The molecule has 1 N–H and O–H groups in total. The van der Waals surface area contributed by atoms with Gasteiger partial charge < -0.3 is 15.1 Å². The first-order chi connectivity index (χ1) is 12.0. The molecule has 0 unspecified atom stereocenters. The molecular weight excluding hydrogens is 380 g/mol. The molecule has 1 aromatic carbocycles. The van der Waals surface area contributed by atoms with Gasteiger partial charge in [-0.2, -0.15) is 0 Å². The molecule has 1 saturated heterocycles. The van der Waals surface area contributed by atoms with E-state index < -0.39 is 0 Å². The maximum Gasteiger partial charge on any atom is 0.224 e. The van der Waals surface area contributed by atoms with Gasteiger partial charge in [0.2, 0.25) is 5.91 Å². The highest BCUT2D eigenvalue weighted by molar-refractivity contribution is 9.10. The van der Waals surface area contributed by atoms with E-state index in [-0.39, 0.29) is 5.91 Å². The molecule has 1 aliphatic rings. The van der Waals surface area contributed by atoms with Crippen molar-refractivity contribution in [2.75, 3.05) is 33.7 Å². The first kappa shape index (κ1) is 19.8. The molecule has 0 bridgehead atoms. The smallest absolute Gasteiger partial charge is 0.224 e. The number of benzene rings is 1. The number of halogens is 1. The van der Waals surface area contributed by atoms with Gasteiger partial charge in [-0.3, -0.25) is 9.79 Å². The monoisotopic (exact) mass is 408 g/mol. The minimum Gasteiger partial charge on any atom is -0.356 e. The van der Waals surface area contributed by atoms with Crippen molar-refractivity contribution in [3.8, 4) is 0 Å². The number of rotatable bonds is 5. The standard InChI is InChI=1S/C19H29BrN4O/c1-15-9-12-24(13-10-15)19(21-2)22-11-8-18(25)23(3)14-16-6-4-5-7-17(16)20/h4-7,15H,8-14H2,1-3H3,(H,21,22). The molecule has 2 rings (SSSR count). The average Bonchev–Trinajstić information content (AvgIpc) is 2.61. The van der Waals surface area contributed by atoms with Gasteiger partial charge in [-0.15, -0.1) is 0 Å². The van der Waals surface area contributed by atoms with Gasteiger partial charge in [0.1, 0.15) is 0 Å². The first-order valence-corrected chi connectivity index (χ1v) is 9.73. The minimum atomic E-state index is 0.131. The summed E-state index contributed by atoms with van der Waals surface area (Å²) < 4.78 is 1.03. The van der Waals surface area contributed by atoms with Crippen LogP contribution < -0.4 is 5.32 Å². The Hall–Kier alpha value is -1.56. The zero-order valence-electron chi connectivity index (χ0n) is 15.5. The van der Waals surface area contributed by atoms with E-state index in [1.807, 2.05) is 31.3 Å². The Balaban J connectivity index is 1.76. The number of hydrogen-bond acceptors (Lipinski definition) is 2. The summed E-state index contributed by atoms with van der Waals surface area (Å²) in [5.74, 6) is 1.83. The van der Waals surface area contributed by atoms with Gasteiger partial charge >= 0.3 is 0 Å². The van der Waals surface area contributed by atoms with Gasteiger partial charge in [-0.05, 0) is 30.4 Å². The number of guanidine groups is 1. The maximum absolute atomic E-state index is 12.4. The first-order valence-electron chi connectivity index (χ1n) is 8.94. The normalized spacial score (nSPS) is 16.0. The Bertz CT molecular complexity index is 597. The summed E-state index contributed by atoms with van der Waals surface area (Å²) in [6.07, 6.45) is 2.87. The van der Waals surface area contributed by atoms with Crippen LogP contribution >= 0.6 is 15.9 Å². The second-order valence-electron chi connectivity index (χ2n) is 6.73. The van der Waals surface area contributed by atoms with Crippen molar-refractivity contribution < 1.29 is 4.79 Å². The van der Waals surface area contributed by atoms with E-state index in [9.17, 15) is 4.79 Å². The lowest BCUT2D eigenvalue weighted by molar-refractivity contribution is -0.130. The Morgan fingerprint density at radius 1 is 1.36 bits per heavy atom. The predicted octanol–water partition coefficient (Wildman–Crippen LogP) is 3.10. The van der Waals surface area contributed by atoms with Crippen molar-refractivity contribution in [2.45, 2.75) is 32.7 Å². The molecule has 6 heteroatoms. The number of nitrogens with zero attached hydrogens (tertiary/aromatic N) is 3. The van der Waals surface area contributed by atoms with Crippen LogP contribution in [0.15, 0.2) is 33.7 Å². The summed E-state index contributed by atoms with van der Waals surface area (Å²) in [7, 11) is 3.66. The lowest BCUT2D eigenvalue weighted by atomic mass is 10.00. The van der Waals surface area contributed by atoms with Crippen molar-refractivity contribution in [2.24, 2.45) is 10.9 Å². The molecule has 0 saturated carbocycles. The fourth-order valence-corrected chi connectivity index (χ4v) is 3.41. The van der Waals surface area contributed by atoms with Gasteiger partial charge in [-0.25, -0.2) is 0 Å². The highest BCUT2D eigenvalue weighted by Gasteiger charge is 2.18. The maximum atomic E-state index is 12.4. The zero-order valence-corrected chi connectivity index (χ0v) is 17.1. The van der Waals surface area contributed by atoms with Crippen molar-refractivity contribution >= 4 is 27.8 Å². The lowest BCUT2D eigenvalue weighted by Gasteiger charge is -2.33. The molecule has 1 heterocycles. The predicted molar refractivity (Wildman–Crippen MR) is 107 cm³/mol. The Morgan fingerprint density at radius 2 is 2.04 bits per heavy atom. The van der Waals surface area contributed by atoms with E-state index >= 15 is 0 Å². The van der Waals surface area contributed by atoms with E-state index in [1.54, 1.807) is 11.9 Å². The van der Waals surface area contributed by atoms with Crippen LogP contribution in [0, 0.1) is 5.92 Å². The molecule has 1 aromatic rings. The third-order valence-corrected chi connectivity index (χ3v) is 5.48. The summed E-state index contributed by atoms with van der Waals surface area (Å²) in [6.45, 7) is 5.59. The van der Waals surface area contributed by atoms with Crippen LogP contribution in [0.1, 0.15) is 31.7 Å². The molecule has 0 aromatic heterocycles. The van der Waals surface area contributed by atoms with E-state index in [0.29, 0.717) is 19.5 Å². The SMILES string of the molecule is CN=C(NCCC(=O)N(C)Cc1ccccc1Br)N1CCC(C)CC1. The van der Waals surface area contributed by atoms with Crippen LogP contribution in [0.3, 0.4) is 0 Å². The number of likely N-dealkylation sites (tertiary alicyclic amines) is 1. The molecule has 0 radical (unpaired) electrons. The summed E-state index contributed by atoms with van der Waals surface area (Å²) in [5.41, 5.74) is 1.12. The van der Waals surface area contributed by atoms with Gasteiger partial charge in [0.25, 0.3) is 0 Å². The number of amides is 1. The number of piperidine rings is 1. The molecule has 1 aliphatic heterocycles. The van der Waals surface area contributed by atoms with Crippen LogP contribution in [0.2, 0.25) is 0 Å². The molecule has 25 heavy (non-hydrogen) atoms. The van der Waals surface area contributed by atoms with Crippen LogP contribution in [-0.4, -0.2) is 55.4 Å². The fourth-order valence-electron chi connectivity index (χ4n) is 3.00. The van der Waals surface area contributed by atoms with E-state index in [4.69, 9.17) is 0 Å².